The minimum Gasteiger partial charge on any atom is -0.462 e. The molecular formula is C21H25N3O4S2. The maximum absolute atomic E-state index is 12.9. The number of amides is 1. The Balaban J connectivity index is 1.80. The third-order valence-corrected chi connectivity index (χ3v) is 7.82. The molecule has 0 saturated heterocycles. The third kappa shape index (κ3) is 4.63. The average Bonchev–Trinajstić information content (AvgIpc) is 3.37. The number of aromatic nitrogens is 1. The lowest BCUT2D eigenvalue weighted by Crippen LogP contribution is -2.30. The summed E-state index contributed by atoms with van der Waals surface area (Å²) in [6, 6.07) is 6.78. The second-order valence-electron chi connectivity index (χ2n) is 6.85. The zero-order chi connectivity index (χ0) is 21.9. The van der Waals surface area contributed by atoms with E-state index in [-0.39, 0.29) is 17.2 Å². The number of nitrogens with one attached hydrogen (secondary N) is 1. The molecule has 0 aliphatic rings. The van der Waals surface area contributed by atoms with Gasteiger partial charge in [0.05, 0.1) is 23.3 Å². The monoisotopic (exact) mass is 447 g/mol. The molecule has 0 unspecified atom stereocenters. The van der Waals surface area contributed by atoms with Crippen LogP contribution in [0.1, 0.15) is 30.7 Å². The zero-order valence-electron chi connectivity index (χ0n) is 17.4. The number of aryl methyl sites for hydroxylation is 1. The molecule has 0 aliphatic heterocycles. The summed E-state index contributed by atoms with van der Waals surface area (Å²) < 4.78 is 32.5. The van der Waals surface area contributed by atoms with E-state index in [9.17, 15) is 13.2 Å². The van der Waals surface area contributed by atoms with Gasteiger partial charge in [0.25, 0.3) is 0 Å². The van der Waals surface area contributed by atoms with Crippen molar-refractivity contribution >= 4 is 33.0 Å². The molecule has 0 atom stereocenters. The molecule has 1 amide bonds. The number of hydrogen-bond acceptors (Lipinski definition) is 6. The minimum absolute atomic E-state index is 0.0860. The van der Waals surface area contributed by atoms with E-state index in [1.54, 1.807) is 32.2 Å². The highest BCUT2D eigenvalue weighted by Crippen LogP contribution is 2.27. The van der Waals surface area contributed by atoms with Crippen LogP contribution in [-0.4, -0.2) is 36.7 Å². The summed E-state index contributed by atoms with van der Waals surface area (Å²) in [6.45, 7) is 8.06. The summed E-state index contributed by atoms with van der Waals surface area (Å²) >= 11 is 1.41. The molecule has 160 valence electrons. The summed E-state index contributed by atoms with van der Waals surface area (Å²) in [5, 5.41) is 5.38. The van der Waals surface area contributed by atoms with Crippen molar-refractivity contribution in [3.8, 4) is 10.8 Å². The van der Waals surface area contributed by atoms with Gasteiger partial charge in [0.1, 0.15) is 0 Å². The first kappa shape index (κ1) is 22.2. The highest BCUT2D eigenvalue weighted by molar-refractivity contribution is 7.89. The van der Waals surface area contributed by atoms with Gasteiger partial charge in [-0.25, -0.2) is 13.4 Å². The van der Waals surface area contributed by atoms with Crippen LogP contribution in [0.5, 0.6) is 0 Å². The fourth-order valence-corrected chi connectivity index (χ4v) is 5.43. The van der Waals surface area contributed by atoms with Crippen LogP contribution in [0.3, 0.4) is 0 Å². The molecule has 2 aromatic heterocycles. The number of benzene rings is 1. The van der Waals surface area contributed by atoms with Crippen molar-refractivity contribution in [2.24, 2.45) is 0 Å². The van der Waals surface area contributed by atoms with Crippen molar-refractivity contribution in [3.63, 3.8) is 0 Å². The predicted octanol–water partition coefficient (Wildman–Crippen LogP) is 4.23. The SMILES string of the molecule is CCN(CC)S(=O)(=O)c1cc(C)c(C)c(NC(=O)Cc2csc(-c3ccco3)n2)c1. The Bertz CT molecular complexity index is 1130. The number of carbonyl (C=O) groups is 1. The van der Waals surface area contributed by atoms with Crippen molar-refractivity contribution in [1.29, 1.82) is 0 Å². The summed E-state index contributed by atoms with van der Waals surface area (Å²) in [5.74, 6) is 0.401. The number of thiazole rings is 1. The number of sulfonamides is 1. The molecule has 1 N–H and O–H groups in total. The molecule has 0 aliphatic carbocycles. The van der Waals surface area contributed by atoms with Gasteiger partial charge < -0.3 is 9.73 Å². The minimum atomic E-state index is -3.62. The van der Waals surface area contributed by atoms with E-state index in [1.807, 2.05) is 25.3 Å². The van der Waals surface area contributed by atoms with E-state index in [1.165, 1.54) is 21.7 Å². The van der Waals surface area contributed by atoms with Gasteiger partial charge in [-0.1, -0.05) is 13.8 Å². The van der Waals surface area contributed by atoms with Gasteiger partial charge in [-0.3, -0.25) is 4.79 Å². The summed E-state index contributed by atoms with van der Waals surface area (Å²) in [6.07, 6.45) is 1.66. The van der Waals surface area contributed by atoms with E-state index >= 15 is 0 Å². The van der Waals surface area contributed by atoms with Gasteiger partial charge in [-0.05, 0) is 49.2 Å². The molecule has 3 aromatic rings. The van der Waals surface area contributed by atoms with Crippen LogP contribution in [0.2, 0.25) is 0 Å². The predicted molar refractivity (Wildman–Crippen MR) is 118 cm³/mol. The zero-order valence-corrected chi connectivity index (χ0v) is 19.1. The second-order valence-corrected chi connectivity index (χ2v) is 9.64. The number of rotatable bonds is 8. The molecule has 0 spiro atoms. The van der Waals surface area contributed by atoms with Crippen LogP contribution in [0.4, 0.5) is 5.69 Å². The van der Waals surface area contributed by atoms with E-state index in [2.05, 4.69) is 10.3 Å². The molecule has 2 heterocycles. The molecule has 7 nitrogen and oxygen atoms in total. The van der Waals surface area contributed by atoms with Crippen molar-refractivity contribution in [2.75, 3.05) is 18.4 Å². The Morgan fingerprint density at radius 1 is 1.23 bits per heavy atom. The Labute approximate surface area is 180 Å². The number of anilines is 1. The maximum atomic E-state index is 12.9. The van der Waals surface area contributed by atoms with Crippen LogP contribution in [0.25, 0.3) is 10.8 Å². The lowest BCUT2D eigenvalue weighted by atomic mass is 10.1. The molecule has 3 rings (SSSR count). The Kier molecular flexibility index (Phi) is 6.74. The van der Waals surface area contributed by atoms with Gasteiger partial charge in [-0.2, -0.15) is 4.31 Å². The van der Waals surface area contributed by atoms with Gasteiger partial charge in [0.2, 0.25) is 15.9 Å². The smallest absolute Gasteiger partial charge is 0.243 e. The van der Waals surface area contributed by atoms with E-state index < -0.39 is 10.0 Å². The maximum Gasteiger partial charge on any atom is 0.243 e. The van der Waals surface area contributed by atoms with Crippen LogP contribution < -0.4 is 5.32 Å². The van der Waals surface area contributed by atoms with Crippen molar-refractivity contribution in [3.05, 3.63) is 52.7 Å². The Hall–Kier alpha value is -2.49. The molecule has 1 aromatic carbocycles. The fourth-order valence-electron chi connectivity index (χ4n) is 3.08. The van der Waals surface area contributed by atoms with Gasteiger partial charge in [0, 0.05) is 24.2 Å². The number of hydrogen-bond donors (Lipinski definition) is 1. The van der Waals surface area contributed by atoms with E-state index in [0.29, 0.717) is 35.2 Å². The number of nitrogens with zero attached hydrogens (tertiary/aromatic N) is 2. The van der Waals surface area contributed by atoms with Crippen LogP contribution in [0, 0.1) is 13.8 Å². The third-order valence-electron chi connectivity index (χ3n) is 4.88. The van der Waals surface area contributed by atoms with E-state index in [0.717, 1.165) is 11.1 Å². The quantitative estimate of drug-likeness (QED) is 0.558. The fraction of sp³-hybridized carbons (Fsp3) is 0.333. The molecule has 0 radical (unpaired) electrons. The van der Waals surface area contributed by atoms with Crippen molar-refractivity contribution in [1.82, 2.24) is 9.29 Å². The van der Waals surface area contributed by atoms with Crippen molar-refractivity contribution in [2.45, 2.75) is 39.0 Å². The molecule has 0 fully saturated rings. The summed E-state index contributed by atoms with van der Waals surface area (Å²) in [7, 11) is -3.62. The lowest BCUT2D eigenvalue weighted by molar-refractivity contribution is -0.115. The van der Waals surface area contributed by atoms with Crippen LogP contribution in [-0.2, 0) is 21.2 Å². The summed E-state index contributed by atoms with van der Waals surface area (Å²) in [5.41, 5.74) is 2.75. The second kappa shape index (κ2) is 9.11. The standard InChI is InChI=1S/C21H25N3O4S2/c1-5-24(6-2)30(26,27)17-10-14(3)15(4)18(12-17)23-20(25)11-16-13-29-21(22-16)19-8-7-9-28-19/h7-10,12-13H,5-6,11H2,1-4H3,(H,23,25). The van der Waals surface area contributed by atoms with Crippen molar-refractivity contribution < 1.29 is 17.6 Å². The average molecular weight is 448 g/mol. The highest BCUT2D eigenvalue weighted by Gasteiger charge is 2.23. The Morgan fingerprint density at radius 3 is 2.60 bits per heavy atom. The lowest BCUT2D eigenvalue weighted by Gasteiger charge is -2.20. The van der Waals surface area contributed by atoms with Gasteiger partial charge in [0.15, 0.2) is 10.8 Å². The molecule has 30 heavy (non-hydrogen) atoms. The van der Waals surface area contributed by atoms with Crippen LogP contribution >= 0.6 is 11.3 Å². The van der Waals surface area contributed by atoms with Gasteiger partial charge in [-0.15, -0.1) is 11.3 Å². The molecular weight excluding hydrogens is 422 g/mol. The normalized spacial score (nSPS) is 11.8. The molecule has 9 heteroatoms. The van der Waals surface area contributed by atoms with E-state index in [4.69, 9.17) is 4.42 Å². The first-order valence-electron chi connectivity index (χ1n) is 9.65. The highest BCUT2D eigenvalue weighted by atomic mass is 32.2. The largest absolute Gasteiger partial charge is 0.462 e. The number of carbonyl (C=O) groups excluding carboxylic acids is 1. The number of furan rings is 1. The molecule has 0 bridgehead atoms. The molecule has 0 saturated carbocycles. The van der Waals surface area contributed by atoms with Crippen LogP contribution in [0.15, 0.2) is 45.2 Å². The van der Waals surface area contributed by atoms with Gasteiger partial charge >= 0.3 is 0 Å². The first-order chi connectivity index (χ1) is 14.3. The summed E-state index contributed by atoms with van der Waals surface area (Å²) in [4.78, 5) is 17.2. The Morgan fingerprint density at radius 2 is 1.97 bits per heavy atom. The topological polar surface area (TPSA) is 92.5 Å². The first-order valence-corrected chi connectivity index (χ1v) is 12.0.